The summed E-state index contributed by atoms with van der Waals surface area (Å²) in [6.07, 6.45) is 3.66. The summed E-state index contributed by atoms with van der Waals surface area (Å²) >= 11 is 4.11. The van der Waals surface area contributed by atoms with Crippen LogP contribution in [0.3, 0.4) is 0 Å². The first-order valence-electron chi connectivity index (χ1n) is 5.58. The molecule has 0 aliphatic carbocycles. The third-order valence-electron chi connectivity index (χ3n) is 2.38. The lowest BCUT2D eigenvalue weighted by atomic mass is 10.3. The van der Waals surface area contributed by atoms with Crippen LogP contribution in [0.25, 0.3) is 0 Å². The molecule has 0 aliphatic rings. The number of nitrogens with zero attached hydrogens (tertiary/aromatic N) is 3. The second kappa shape index (κ2) is 6.58. The van der Waals surface area contributed by atoms with E-state index >= 15 is 0 Å². The fourth-order valence-electron chi connectivity index (χ4n) is 1.49. The molecule has 1 aromatic rings. The van der Waals surface area contributed by atoms with Crippen LogP contribution in [-0.4, -0.2) is 29.1 Å². The molecule has 90 valence electrons. The third-order valence-corrected chi connectivity index (χ3v) is 2.70. The summed E-state index contributed by atoms with van der Waals surface area (Å²) < 4.78 is 1.49. The van der Waals surface area contributed by atoms with Crippen molar-refractivity contribution in [3.63, 3.8) is 0 Å². The second-order valence-corrected chi connectivity index (χ2v) is 4.22. The Hall–Kier alpha value is -0.970. The van der Waals surface area contributed by atoms with Gasteiger partial charge in [0.15, 0.2) is 0 Å². The van der Waals surface area contributed by atoms with E-state index in [-0.39, 0.29) is 5.56 Å². The molecule has 5 heteroatoms. The van der Waals surface area contributed by atoms with Crippen molar-refractivity contribution in [2.75, 3.05) is 24.2 Å². The van der Waals surface area contributed by atoms with Crippen molar-refractivity contribution >= 4 is 18.3 Å². The van der Waals surface area contributed by atoms with Crippen LogP contribution in [0.2, 0.25) is 0 Å². The smallest absolute Gasteiger partial charge is 0.268 e. The van der Waals surface area contributed by atoms with Crippen LogP contribution in [-0.2, 0) is 6.54 Å². The normalized spacial score (nSPS) is 10.4. The highest BCUT2D eigenvalue weighted by atomic mass is 32.1. The van der Waals surface area contributed by atoms with Gasteiger partial charge in [-0.15, -0.1) is 0 Å². The molecule has 0 saturated heterocycles. The van der Waals surface area contributed by atoms with Gasteiger partial charge in [-0.3, -0.25) is 4.79 Å². The molecule has 0 unspecified atom stereocenters. The van der Waals surface area contributed by atoms with Crippen molar-refractivity contribution in [3.05, 3.63) is 22.6 Å². The standard InChI is InChI=1S/C11H19N3OS/c1-3-5-13(2)10-8-11(15)14(12-9-10)6-4-7-16/h8-9,16H,3-7H2,1-2H3. The Morgan fingerprint density at radius 1 is 1.56 bits per heavy atom. The van der Waals surface area contributed by atoms with Crippen molar-refractivity contribution in [1.82, 2.24) is 9.78 Å². The summed E-state index contributed by atoms with van der Waals surface area (Å²) in [5, 5.41) is 4.15. The number of aryl methyl sites for hydroxylation is 1. The van der Waals surface area contributed by atoms with Gasteiger partial charge in [0.25, 0.3) is 5.56 Å². The zero-order valence-corrected chi connectivity index (χ0v) is 10.8. The molecular weight excluding hydrogens is 222 g/mol. The van der Waals surface area contributed by atoms with E-state index in [9.17, 15) is 4.79 Å². The fourth-order valence-corrected chi connectivity index (χ4v) is 1.63. The molecule has 1 aromatic heterocycles. The first-order valence-corrected chi connectivity index (χ1v) is 6.21. The monoisotopic (exact) mass is 241 g/mol. The summed E-state index contributed by atoms with van der Waals surface area (Å²) in [7, 11) is 1.97. The SMILES string of the molecule is CCCN(C)c1cnn(CCCS)c(=O)c1. The van der Waals surface area contributed by atoms with Crippen molar-refractivity contribution in [2.45, 2.75) is 26.3 Å². The number of thiol groups is 1. The summed E-state index contributed by atoms with van der Waals surface area (Å²) in [6, 6.07) is 1.64. The Balaban J connectivity index is 2.78. The molecule has 0 aliphatic heterocycles. The molecule has 0 bridgehead atoms. The van der Waals surface area contributed by atoms with Crippen molar-refractivity contribution in [1.29, 1.82) is 0 Å². The van der Waals surface area contributed by atoms with Gasteiger partial charge in [0.2, 0.25) is 0 Å². The number of rotatable bonds is 6. The largest absolute Gasteiger partial charge is 0.373 e. The molecule has 0 atom stereocenters. The molecule has 0 radical (unpaired) electrons. The van der Waals surface area contributed by atoms with Gasteiger partial charge in [-0.1, -0.05) is 6.92 Å². The van der Waals surface area contributed by atoms with Gasteiger partial charge in [-0.25, -0.2) is 4.68 Å². The zero-order chi connectivity index (χ0) is 12.0. The van der Waals surface area contributed by atoms with Crippen LogP contribution in [0.5, 0.6) is 0 Å². The van der Waals surface area contributed by atoms with Gasteiger partial charge in [-0.2, -0.15) is 17.7 Å². The van der Waals surface area contributed by atoms with Crippen LogP contribution in [0.1, 0.15) is 19.8 Å². The average Bonchev–Trinajstić information content (AvgIpc) is 2.27. The Labute approximate surface area is 102 Å². The van der Waals surface area contributed by atoms with Gasteiger partial charge in [0, 0.05) is 26.2 Å². The van der Waals surface area contributed by atoms with Crippen molar-refractivity contribution in [3.8, 4) is 0 Å². The Kier molecular flexibility index (Phi) is 5.38. The van der Waals surface area contributed by atoms with Crippen LogP contribution >= 0.6 is 12.6 Å². The molecule has 16 heavy (non-hydrogen) atoms. The van der Waals surface area contributed by atoms with Crippen LogP contribution < -0.4 is 10.5 Å². The fraction of sp³-hybridized carbons (Fsp3) is 0.636. The van der Waals surface area contributed by atoms with E-state index in [1.54, 1.807) is 12.3 Å². The van der Waals surface area contributed by atoms with Crippen LogP contribution in [0.15, 0.2) is 17.1 Å². The lowest BCUT2D eigenvalue weighted by molar-refractivity contribution is 0.570. The van der Waals surface area contributed by atoms with E-state index in [4.69, 9.17) is 0 Å². The molecule has 4 nitrogen and oxygen atoms in total. The molecular formula is C11H19N3OS. The molecule has 1 heterocycles. The minimum absolute atomic E-state index is 0.0396. The Morgan fingerprint density at radius 3 is 2.88 bits per heavy atom. The van der Waals surface area contributed by atoms with E-state index in [1.165, 1.54) is 4.68 Å². The quantitative estimate of drug-likeness (QED) is 0.765. The molecule has 0 amide bonds. The summed E-state index contributed by atoms with van der Waals surface area (Å²) in [4.78, 5) is 13.7. The minimum Gasteiger partial charge on any atom is -0.373 e. The van der Waals surface area contributed by atoms with E-state index in [1.807, 2.05) is 11.9 Å². The molecule has 0 saturated carbocycles. The number of aromatic nitrogens is 2. The zero-order valence-electron chi connectivity index (χ0n) is 9.89. The first kappa shape index (κ1) is 13.1. The van der Waals surface area contributed by atoms with Gasteiger partial charge >= 0.3 is 0 Å². The van der Waals surface area contributed by atoms with Gasteiger partial charge in [-0.05, 0) is 18.6 Å². The maximum atomic E-state index is 11.7. The second-order valence-electron chi connectivity index (χ2n) is 3.77. The van der Waals surface area contributed by atoms with Crippen LogP contribution in [0.4, 0.5) is 5.69 Å². The van der Waals surface area contributed by atoms with E-state index in [2.05, 4.69) is 24.7 Å². The number of hydrogen-bond donors (Lipinski definition) is 1. The summed E-state index contributed by atoms with van der Waals surface area (Å²) in [5.74, 6) is 0.769. The first-order chi connectivity index (χ1) is 7.69. The molecule has 0 N–H and O–H groups in total. The summed E-state index contributed by atoms with van der Waals surface area (Å²) in [5.41, 5.74) is 0.844. The number of hydrogen-bond acceptors (Lipinski definition) is 4. The topological polar surface area (TPSA) is 38.1 Å². The maximum absolute atomic E-state index is 11.7. The van der Waals surface area contributed by atoms with Crippen molar-refractivity contribution in [2.24, 2.45) is 0 Å². The predicted octanol–water partition coefficient (Wildman–Crippen LogP) is 1.41. The van der Waals surface area contributed by atoms with Crippen molar-refractivity contribution < 1.29 is 0 Å². The van der Waals surface area contributed by atoms with Gasteiger partial charge < -0.3 is 4.90 Å². The van der Waals surface area contributed by atoms with E-state index < -0.39 is 0 Å². The van der Waals surface area contributed by atoms with E-state index in [0.29, 0.717) is 6.54 Å². The third kappa shape index (κ3) is 3.56. The van der Waals surface area contributed by atoms with Gasteiger partial charge in [0.1, 0.15) is 0 Å². The van der Waals surface area contributed by atoms with E-state index in [0.717, 1.165) is 30.8 Å². The lowest BCUT2D eigenvalue weighted by Gasteiger charge is -2.17. The van der Waals surface area contributed by atoms with Gasteiger partial charge in [0.05, 0.1) is 11.9 Å². The molecule has 0 fully saturated rings. The molecule has 1 rings (SSSR count). The maximum Gasteiger partial charge on any atom is 0.268 e. The number of anilines is 1. The summed E-state index contributed by atoms with van der Waals surface area (Å²) in [6.45, 7) is 3.68. The molecule has 0 spiro atoms. The lowest BCUT2D eigenvalue weighted by Crippen LogP contribution is -2.26. The van der Waals surface area contributed by atoms with Crippen LogP contribution in [0, 0.1) is 0 Å². The molecule has 0 aromatic carbocycles. The average molecular weight is 241 g/mol. The highest BCUT2D eigenvalue weighted by molar-refractivity contribution is 7.80. The highest BCUT2D eigenvalue weighted by Crippen LogP contribution is 2.07. The predicted molar refractivity (Wildman–Crippen MR) is 70.5 cm³/mol. The Morgan fingerprint density at radius 2 is 2.31 bits per heavy atom. The highest BCUT2D eigenvalue weighted by Gasteiger charge is 2.03. The Bertz CT molecular complexity index is 378. The minimum atomic E-state index is -0.0396.